The molecule has 0 spiro atoms. The maximum atomic E-state index is 12.1. The molecule has 0 aliphatic carbocycles. The summed E-state index contributed by atoms with van der Waals surface area (Å²) in [4.78, 5) is 12.1. The number of rotatable bonds is 6. The van der Waals surface area contributed by atoms with Crippen LogP contribution in [0.15, 0.2) is 60.7 Å². The van der Waals surface area contributed by atoms with Crippen LogP contribution in [-0.4, -0.2) is 22.6 Å². The average molecular weight is 360 g/mol. The first-order valence-electron chi connectivity index (χ1n) is 9.07. The van der Waals surface area contributed by atoms with Crippen molar-refractivity contribution >= 4 is 17.4 Å². The van der Waals surface area contributed by atoms with Gasteiger partial charge in [0.15, 0.2) is 5.82 Å². The molecule has 138 valence electrons. The molecule has 1 aromatic heterocycles. The molecule has 0 aliphatic rings. The van der Waals surface area contributed by atoms with Gasteiger partial charge in [-0.25, -0.2) is 0 Å². The van der Waals surface area contributed by atoms with Crippen LogP contribution in [-0.2, 0) is 0 Å². The van der Waals surface area contributed by atoms with Crippen molar-refractivity contribution < 1.29 is 4.79 Å². The van der Waals surface area contributed by atoms with Gasteiger partial charge in [-0.2, -0.15) is 0 Å². The van der Waals surface area contributed by atoms with Crippen LogP contribution in [0.5, 0.6) is 0 Å². The molecular weight excluding hydrogens is 336 g/mol. The van der Waals surface area contributed by atoms with Crippen LogP contribution < -0.4 is 10.6 Å². The molecule has 3 rings (SSSR count). The number of aryl methyl sites for hydroxylation is 1. The second-order valence-electron chi connectivity index (χ2n) is 6.98. The molecule has 2 N–H and O–H groups in total. The largest absolute Gasteiger partial charge is 0.352 e. The molecule has 2 aromatic carbocycles. The lowest BCUT2D eigenvalue weighted by Crippen LogP contribution is -2.27. The molecule has 0 saturated heterocycles. The summed E-state index contributed by atoms with van der Waals surface area (Å²) in [5, 5.41) is 14.7. The van der Waals surface area contributed by atoms with Crippen LogP contribution >= 0.6 is 0 Å². The zero-order valence-electron chi connectivity index (χ0n) is 15.9. The normalized spacial score (nSPS) is 10.7. The number of anilines is 2. The van der Waals surface area contributed by atoms with Crippen molar-refractivity contribution in [3.63, 3.8) is 0 Å². The minimum atomic E-state index is -0.0578. The Labute approximate surface area is 159 Å². The van der Waals surface area contributed by atoms with E-state index in [1.807, 2.05) is 36.4 Å². The van der Waals surface area contributed by atoms with Gasteiger partial charge < -0.3 is 10.6 Å². The summed E-state index contributed by atoms with van der Waals surface area (Å²) in [7, 11) is 0. The second kappa shape index (κ2) is 8.45. The van der Waals surface area contributed by atoms with E-state index < -0.39 is 0 Å². The van der Waals surface area contributed by atoms with Crippen LogP contribution in [0.4, 0.5) is 11.5 Å². The zero-order chi connectivity index (χ0) is 19.2. The second-order valence-corrected chi connectivity index (χ2v) is 6.98. The van der Waals surface area contributed by atoms with Gasteiger partial charge in [0.25, 0.3) is 5.91 Å². The zero-order valence-corrected chi connectivity index (χ0v) is 15.9. The van der Waals surface area contributed by atoms with Crippen LogP contribution in [0.3, 0.4) is 0 Å². The number of carbonyl (C=O) groups excluding carboxylic acids is 1. The lowest BCUT2D eigenvalue weighted by Gasteiger charge is -2.09. The fourth-order valence-electron chi connectivity index (χ4n) is 2.61. The van der Waals surface area contributed by atoms with Crippen molar-refractivity contribution in [2.45, 2.75) is 20.8 Å². The summed E-state index contributed by atoms with van der Waals surface area (Å²) >= 11 is 0. The third-order valence-electron chi connectivity index (χ3n) is 4.07. The van der Waals surface area contributed by atoms with E-state index in [0.29, 0.717) is 23.8 Å². The highest BCUT2D eigenvalue weighted by molar-refractivity contribution is 5.94. The van der Waals surface area contributed by atoms with Gasteiger partial charge in [0.1, 0.15) is 0 Å². The van der Waals surface area contributed by atoms with Crippen molar-refractivity contribution in [2.75, 3.05) is 11.9 Å². The Hall–Kier alpha value is -3.21. The molecule has 0 saturated carbocycles. The molecule has 1 amide bonds. The van der Waals surface area contributed by atoms with Gasteiger partial charge in [0, 0.05) is 23.4 Å². The average Bonchev–Trinajstić information content (AvgIpc) is 2.67. The lowest BCUT2D eigenvalue weighted by atomic mass is 10.1. The van der Waals surface area contributed by atoms with Gasteiger partial charge in [-0.1, -0.05) is 37.6 Å². The fourth-order valence-corrected chi connectivity index (χ4v) is 2.61. The van der Waals surface area contributed by atoms with Gasteiger partial charge in [-0.15, -0.1) is 10.2 Å². The van der Waals surface area contributed by atoms with Gasteiger partial charge in [0.2, 0.25) is 0 Å². The molecule has 0 fully saturated rings. The van der Waals surface area contributed by atoms with E-state index in [0.717, 1.165) is 16.9 Å². The van der Waals surface area contributed by atoms with Crippen molar-refractivity contribution in [3.05, 3.63) is 71.8 Å². The van der Waals surface area contributed by atoms with E-state index >= 15 is 0 Å². The topological polar surface area (TPSA) is 66.9 Å². The summed E-state index contributed by atoms with van der Waals surface area (Å²) in [5.41, 5.74) is 4.57. The third-order valence-corrected chi connectivity index (χ3v) is 4.07. The van der Waals surface area contributed by atoms with Crippen molar-refractivity contribution in [3.8, 4) is 11.3 Å². The van der Waals surface area contributed by atoms with Gasteiger partial charge in [-0.05, 0) is 55.3 Å². The molecule has 5 nitrogen and oxygen atoms in total. The van der Waals surface area contributed by atoms with Gasteiger partial charge in [0.05, 0.1) is 5.69 Å². The molecule has 0 aliphatic heterocycles. The molecule has 0 bridgehead atoms. The standard InChI is InChI=1S/C22H24N4O/c1-15(2)14-23-22(27)17-7-9-19(10-8-17)24-21-12-11-20(25-26-21)18-6-4-5-16(3)13-18/h4-13,15H,14H2,1-3H3,(H,23,27)(H,24,26). The number of nitrogens with one attached hydrogen (secondary N) is 2. The third kappa shape index (κ3) is 5.14. The fraction of sp³-hybridized carbons (Fsp3) is 0.227. The Morgan fingerprint density at radius 1 is 1.00 bits per heavy atom. The molecule has 0 unspecified atom stereocenters. The minimum Gasteiger partial charge on any atom is -0.352 e. The maximum Gasteiger partial charge on any atom is 0.251 e. The Morgan fingerprint density at radius 3 is 2.41 bits per heavy atom. The summed E-state index contributed by atoms with van der Waals surface area (Å²) in [6.07, 6.45) is 0. The number of amides is 1. The molecule has 3 aromatic rings. The Kier molecular flexibility index (Phi) is 5.81. The van der Waals surface area contributed by atoms with Crippen molar-refractivity contribution in [1.29, 1.82) is 0 Å². The van der Waals surface area contributed by atoms with E-state index in [4.69, 9.17) is 0 Å². The van der Waals surface area contributed by atoms with Crippen LogP contribution in [0.25, 0.3) is 11.3 Å². The first-order chi connectivity index (χ1) is 13.0. The first kappa shape index (κ1) is 18.6. The lowest BCUT2D eigenvalue weighted by molar-refractivity contribution is 0.0949. The summed E-state index contributed by atoms with van der Waals surface area (Å²) in [6.45, 7) is 6.86. The van der Waals surface area contributed by atoms with Gasteiger partial charge in [-0.3, -0.25) is 4.79 Å². The van der Waals surface area contributed by atoms with E-state index in [1.165, 1.54) is 5.56 Å². The number of benzene rings is 2. The molecule has 5 heteroatoms. The Balaban J connectivity index is 1.64. The van der Waals surface area contributed by atoms with Crippen LogP contribution in [0.2, 0.25) is 0 Å². The smallest absolute Gasteiger partial charge is 0.251 e. The minimum absolute atomic E-state index is 0.0578. The number of nitrogens with zero attached hydrogens (tertiary/aromatic N) is 2. The summed E-state index contributed by atoms with van der Waals surface area (Å²) in [5.74, 6) is 1.03. The van der Waals surface area contributed by atoms with Crippen molar-refractivity contribution in [2.24, 2.45) is 5.92 Å². The van der Waals surface area contributed by atoms with E-state index in [-0.39, 0.29) is 5.91 Å². The molecule has 0 atom stereocenters. The SMILES string of the molecule is Cc1cccc(-c2ccc(Nc3ccc(C(=O)NCC(C)C)cc3)nn2)c1. The van der Waals surface area contributed by atoms with E-state index in [9.17, 15) is 4.79 Å². The number of hydrogen-bond donors (Lipinski definition) is 2. The summed E-state index contributed by atoms with van der Waals surface area (Å²) < 4.78 is 0. The van der Waals surface area contributed by atoms with E-state index in [1.54, 1.807) is 12.1 Å². The Bertz CT molecular complexity index is 902. The molecule has 1 heterocycles. The first-order valence-corrected chi connectivity index (χ1v) is 9.07. The number of hydrogen-bond acceptors (Lipinski definition) is 4. The molecular formula is C22H24N4O. The molecule has 27 heavy (non-hydrogen) atoms. The van der Waals surface area contributed by atoms with E-state index in [2.05, 4.69) is 53.7 Å². The predicted molar refractivity (Wildman–Crippen MR) is 109 cm³/mol. The highest BCUT2D eigenvalue weighted by Gasteiger charge is 2.06. The number of carbonyl (C=O) groups is 1. The summed E-state index contributed by atoms with van der Waals surface area (Å²) in [6, 6.07) is 19.3. The Morgan fingerprint density at radius 2 is 1.78 bits per heavy atom. The van der Waals surface area contributed by atoms with Gasteiger partial charge >= 0.3 is 0 Å². The van der Waals surface area contributed by atoms with Crippen LogP contribution in [0, 0.1) is 12.8 Å². The number of aromatic nitrogens is 2. The monoisotopic (exact) mass is 360 g/mol. The van der Waals surface area contributed by atoms with Crippen LogP contribution in [0.1, 0.15) is 29.8 Å². The maximum absolute atomic E-state index is 12.1. The molecule has 0 radical (unpaired) electrons. The van der Waals surface area contributed by atoms with Crippen molar-refractivity contribution in [1.82, 2.24) is 15.5 Å². The quantitative estimate of drug-likeness (QED) is 0.675. The highest BCUT2D eigenvalue weighted by Crippen LogP contribution is 2.20. The predicted octanol–water partition coefficient (Wildman–Crippen LogP) is 4.58. The highest BCUT2D eigenvalue weighted by atomic mass is 16.1.